The van der Waals surface area contributed by atoms with Crippen molar-refractivity contribution in [2.24, 2.45) is 0 Å². The predicted octanol–water partition coefficient (Wildman–Crippen LogP) is 2.53. The number of anilines is 2. The highest BCUT2D eigenvalue weighted by Crippen LogP contribution is 2.24. The van der Waals surface area contributed by atoms with Gasteiger partial charge >= 0.3 is 0 Å². The van der Waals surface area contributed by atoms with E-state index in [1.54, 1.807) is 25.1 Å². The van der Waals surface area contributed by atoms with Gasteiger partial charge in [-0.25, -0.2) is 12.8 Å². The van der Waals surface area contributed by atoms with Crippen LogP contribution in [0.4, 0.5) is 15.8 Å². The molecule has 2 aromatic rings. The maximum atomic E-state index is 13.3. The highest BCUT2D eigenvalue weighted by atomic mass is 32.2. The molecule has 0 aliphatic rings. The number of ether oxygens (including phenoxy) is 1. The van der Waals surface area contributed by atoms with Crippen LogP contribution < -0.4 is 15.2 Å². The zero-order valence-electron chi connectivity index (χ0n) is 11.6. The number of nitrogens with one attached hydrogen (secondary N) is 1. The summed E-state index contributed by atoms with van der Waals surface area (Å²) in [7, 11) is -2.39. The van der Waals surface area contributed by atoms with Crippen LogP contribution in [0.5, 0.6) is 5.75 Å². The maximum absolute atomic E-state index is 13.3. The summed E-state index contributed by atoms with van der Waals surface area (Å²) in [6, 6.07) is 8.07. The van der Waals surface area contributed by atoms with E-state index in [4.69, 9.17) is 10.5 Å². The lowest BCUT2D eigenvalue weighted by Crippen LogP contribution is -2.14. The van der Waals surface area contributed by atoms with E-state index >= 15 is 0 Å². The smallest absolute Gasteiger partial charge is 0.262 e. The predicted molar refractivity (Wildman–Crippen MR) is 79.4 cm³/mol. The molecule has 0 unspecified atom stereocenters. The number of benzene rings is 2. The highest BCUT2D eigenvalue weighted by molar-refractivity contribution is 7.92. The lowest BCUT2D eigenvalue weighted by atomic mass is 10.2. The van der Waals surface area contributed by atoms with Gasteiger partial charge in [-0.3, -0.25) is 4.72 Å². The molecule has 2 aromatic carbocycles. The van der Waals surface area contributed by atoms with Gasteiger partial charge in [-0.15, -0.1) is 0 Å². The highest BCUT2D eigenvalue weighted by Gasteiger charge is 2.17. The van der Waals surface area contributed by atoms with Crippen molar-refractivity contribution >= 4 is 21.4 Å². The quantitative estimate of drug-likeness (QED) is 0.850. The molecule has 2 rings (SSSR count). The molecule has 0 fully saturated rings. The number of halogens is 1. The summed E-state index contributed by atoms with van der Waals surface area (Å²) in [4.78, 5) is -0.227. The molecule has 0 spiro atoms. The van der Waals surface area contributed by atoms with Crippen molar-refractivity contribution in [1.29, 1.82) is 0 Å². The Balaban J connectivity index is 2.37. The Hall–Kier alpha value is -2.28. The molecule has 0 atom stereocenters. The molecule has 0 radical (unpaired) electrons. The van der Waals surface area contributed by atoms with E-state index in [1.807, 2.05) is 0 Å². The number of nitrogen functional groups attached to an aromatic ring is 1. The van der Waals surface area contributed by atoms with E-state index < -0.39 is 15.8 Å². The molecule has 0 bridgehead atoms. The first-order chi connectivity index (χ1) is 9.81. The number of hydrogen-bond acceptors (Lipinski definition) is 4. The zero-order valence-corrected chi connectivity index (χ0v) is 12.4. The van der Waals surface area contributed by atoms with Crippen molar-refractivity contribution in [2.45, 2.75) is 11.8 Å². The van der Waals surface area contributed by atoms with E-state index in [0.717, 1.165) is 12.1 Å². The summed E-state index contributed by atoms with van der Waals surface area (Å²) in [6.07, 6.45) is 0. The lowest BCUT2D eigenvalue weighted by molar-refractivity contribution is 0.414. The van der Waals surface area contributed by atoms with Crippen molar-refractivity contribution < 1.29 is 17.5 Å². The fourth-order valence-corrected chi connectivity index (χ4v) is 3.02. The molecular weight excluding hydrogens is 295 g/mol. The van der Waals surface area contributed by atoms with Crippen LogP contribution in [0.1, 0.15) is 5.56 Å². The van der Waals surface area contributed by atoms with Crippen LogP contribution in [0.2, 0.25) is 0 Å². The molecular formula is C14H15FN2O3S. The van der Waals surface area contributed by atoms with Crippen molar-refractivity contribution in [3.8, 4) is 5.75 Å². The molecule has 0 amide bonds. The third-order valence-electron chi connectivity index (χ3n) is 2.88. The number of nitrogens with two attached hydrogens (primary N) is 1. The monoisotopic (exact) mass is 310 g/mol. The van der Waals surface area contributed by atoms with Crippen molar-refractivity contribution in [2.75, 3.05) is 17.6 Å². The van der Waals surface area contributed by atoms with Crippen molar-refractivity contribution in [1.82, 2.24) is 0 Å². The summed E-state index contributed by atoms with van der Waals surface area (Å²) in [5, 5.41) is 0. The Bertz CT molecular complexity index is 756. The van der Waals surface area contributed by atoms with Crippen LogP contribution in [0.3, 0.4) is 0 Å². The molecule has 0 aliphatic heterocycles. The van der Waals surface area contributed by atoms with Gasteiger partial charge in [-0.05, 0) is 48.9 Å². The third kappa shape index (κ3) is 3.43. The molecule has 0 heterocycles. The second kappa shape index (κ2) is 5.61. The molecule has 0 aliphatic carbocycles. The maximum Gasteiger partial charge on any atom is 0.262 e. The molecule has 0 saturated heterocycles. The fraction of sp³-hybridized carbons (Fsp3) is 0.143. The normalized spacial score (nSPS) is 11.2. The molecule has 0 saturated carbocycles. The minimum atomic E-state index is -3.91. The van der Waals surface area contributed by atoms with Crippen LogP contribution in [-0.2, 0) is 10.0 Å². The molecule has 3 N–H and O–H groups in total. The fourth-order valence-electron chi connectivity index (χ4n) is 1.82. The number of rotatable bonds is 4. The average Bonchev–Trinajstić information content (AvgIpc) is 2.40. The second-order valence-corrected chi connectivity index (χ2v) is 6.19. The van der Waals surface area contributed by atoms with Crippen molar-refractivity contribution in [3.63, 3.8) is 0 Å². The molecule has 112 valence electrons. The van der Waals surface area contributed by atoms with Crippen LogP contribution in [0.25, 0.3) is 0 Å². The summed E-state index contributed by atoms with van der Waals surface area (Å²) in [6.45, 7) is 1.74. The van der Waals surface area contributed by atoms with Crippen LogP contribution >= 0.6 is 0 Å². The van der Waals surface area contributed by atoms with E-state index in [0.29, 0.717) is 17.0 Å². The Morgan fingerprint density at radius 1 is 1.19 bits per heavy atom. The minimum Gasteiger partial charge on any atom is -0.497 e. The summed E-state index contributed by atoms with van der Waals surface area (Å²) >= 11 is 0. The van der Waals surface area contributed by atoms with E-state index in [2.05, 4.69) is 4.72 Å². The van der Waals surface area contributed by atoms with Gasteiger partial charge in [0, 0.05) is 5.69 Å². The van der Waals surface area contributed by atoms with Gasteiger partial charge in [0.05, 0.1) is 17.7 Å². The van der Waals surface area contributed by atoms with E-state index in [-0.39, 0.29) is 10.6 Å². The first-order valence-corrected chi connectivity index (χ1v) is 7.53. The summed E-state index contributed by atoms with van der Waals surface area (Å²) in [5.41, 5.74) is 6.58. The Labute approximate surface area is 122 Å². The van der Waals surface area contributed by atoms with Gasteiger partial charge in [-0.1, -0.05) is 0 Å². The third-order valence-corrected chi connectivity index (χ3v) is 4.23. The molecule has 7 heteroatoms. The van der Waals surface area contributed by atoms with Gasteiger partial charge < -0.3 is 10.5 Å². The van der Waals surface area contributed by atoms with Crippen LogP contribution in [-0.4, -0.2) is 15.5 Å². The van der Waals surface area contributed by atoms with Gasteiger partial charge in [0.25, 0.3) is 10.0 Å². The lowest BCUT2D eigenvalue weighted by Gasteiger charge is -2.12. The minimum absolute atomic E-state index is 0.0434. The average molecular weight is 310 g/mol. The zero-order chi connectivity index (χ0) is 15.6. The van der Waals surface area contributed by atoms with E-state index in [9.17, 15) is 12.8 Å². The Kier molecular flexibility index (Phi) is 4.04. The Morgan fingerprint density at radius 3 is 2.48 bits per heavy atom. The second-order valence-electron chi connectivity index (χ2n) is 4.51. The SMILES string of the molecule is COc1ccc(NS(=O)(=O)c2cc(N)cc(F)c2)c(C)c1. The molecule has 0 aromatic heterocycles. The topological polar surface area (TPSA) is 81.4 Å². The molecule has 21 heavy (non-hydrogen) atoms. The summed E-state index contributed by atoms with van der Waals surface area (Å²) in [5.74, 6) is -0.0905. The first-order valence-electron chi connectivity index (χ1n) is 6.05. The first kappa shape index (κ1) is 15.1. The van der Waals surface area contributed by atoms with E-state index in [1.165, 1.54) is 13.2 Å². The Morgan fingerprint density at radius 2 is 1.90 bits per heavy atom. The van der Waals surface area contributed by atoms with Gasteiger partial charge in [0.2, 0.25) is 0 Å². The van der Waals surface area contributed by atoms with Crippen LogP contribution in [0.15, 0.2) is 41.3 Å². The number of aryl methyl sites for hydroxylation is 1. The van der Waals surface area contributed by atoms with Crippen LogP contribution in [0, 0.1) is 12.7 Å². The van der Waals surface area contributed by atoms with Crippen molar-refractivity contribution in [3.05, 3.63) is 47.8 Å². The molecule has 5 nitrogen and oxygen atoms in total. The number of methoxy groups -OCH3 is 1. The number of hydrogen-bond donors (Lipinski definition) is 2. The standard InChI is InChI=1S/C14H15FN2O3S/c1-9-5-12(20-2)3-4-14(9)17-21(18,19)13-7-10(15)6-11(16)8-13/h3-8,17H,16H2,1-2H3. The van der Waals surface area contributed by atoms with Gasteiger partial charge in [0.15, 0.2) is 0 Å². The number of sulfonamides is 1. The van der Waals surface area contributed by atoms with Gasteiger partial charge in [-0.2, -0.15) is 0 Å². The largest absolute Gasteiger partial charge is 0.497 e. The summed E-state index contributed by atoms with van der Waals surface area (Å²) < 4.78 is 45.2. The van der Waals surface area contributed by atoms with Gasteiger partial charge in [0.1, 0.15) is 11.6 Å².